The number of rotatable bonds is 70. The van der Waals surface area contributed by atoms with Gasteiger partial charge in [-0.15, -0.1) is 0 Å². The molecule has 0 spiro atoms. The average Bonchev–Trinajstić information content (AvgIpc) is 3.47. The summed E-state index contributed by atoms with van der Waals surface area (Å²) in [6, 6.07) is 0. The molecule has 0 N–H and O–H groups in total. The smallest absolute Gasteiger partial charge is 0.306 e. The van der Waals surface area contributed by atoms with Crippen LogP contribution in [-0.2, 0) is 28.6 Å². The highest BCUT2D eigenvalue weighted by Crippen LogP contribution is 2.19. The van der Waals surface area contributed by atoms with Gasteiger partial charge in [0.2, 0.25) is 0 Å². The lowest BCUT2D eigenvalue weighted by Gasteiger charge is -2.18. The normalized spacial score (nSPS) is 12.1. The number of hydrogen-bond donors (Lipinski definition) is 0. The second-order valence-electron chi connectivity index (χ2n) is 25.6. The number of hydrogen-bond acceptors (Lipinski definition) is 6. The maximum atomic E-state index is 13.0. The number of unbranched alkanes of at least 4 members (excludes halogenated alkanes) is 55. The molecule has 0 saturated carbocycles. The maximum absolute atomic E-state index is 13.0. The van der Waals surface area contributed by atoms with Crippen LogP contribution in [-0.4, -0.2) is 37.2 Å². The lowest BCUT2D eigenvalue weighted by molar-refractivity contribution is -0.167. The lowest BCUT2D eigenvalue weighted by atomic mass is 10.0. The van der Waals surface area contributed by atoms with Crippen LogP contribution in [0, 0.1) is 0 Å². The molecule has 0 saturated heterocycles. The quantitative estimate of drug-likeness (QED) is 0.0261. The monoisotopic (exact) mass is 1150 g/mol. The Hall–Kier alpha value is -2.11. The highest BCUT2D eigenvalue weighted by Gasteiger charge is 2.20. The molecule has 0 aromatic heterocycles. The third-order valence-electron chi connectivity index (χ3n) is 17.2. The van der Waals surface area contributed by atoms with Gasteiger partial charge in [0.15, 0.2) is 6.10 Å². The third-order valence-corrected chi connectivity index (χ3v) is 17.2. The Morgan fingerprint density at radius 2 is 0.439 bits per heavy atom. The van der Waals surface area contributed by atoms with Gasteiger partial charge in [-0.1, -0.05) is 379 Å². The average molecular weight is 1150 g/mol. The van der Waals surface area contributed by atoms with Crippen LogP contribution in [0.4, 0.5) is 0 Å². The summed E-state index contributed by atoms with van der Waals surface area (Å²) in [6.07, 6.45) is 87.9. The first-order chi connectivity index (χ1) is 40.5. The second kappa shape index (κ2) is 71.4. The Kier molecular flexibility index (Phi) is 69.5. The lowest BCUT2D eigenvalue weighted by Crippen LogP contribution is -2.30. The largest absolute Gasteiger partial charge is 0.462 e. The van der Waals surface area contributed by atoms with Gasteiger partial charge >= 0.3 is 17.9 Å². The Morgan fingerprint density at radius 1 is 0.244 bits per heavy atom. The molecule has 0 aromatic rings. The molecule has 0 fully saturated rings. The summed E-state index contributed by atoms with van der Waals surface area (Å²) in [7, 11) is 0. The zero-order valence-corrected chi connectivity index (χ0v) is 55.8. The van der Waals surface area contributed by atoms with Crippen molar-refractivity contribution in [3.63, 3.8) is 0 Å². The number of allylic oxidation sites excluding steroid dienone is 4. The number of carbonyl (C=O) groups is 3. The molecule has 82 heavy (non-hydrogen) atoms. The van der Waals surface area contributed by atoms with Crippen molar-refractivity contribution in [2.45, 2.75) is 431 Å². The predicted octanol–water partition coefficient (Wildman–Crippen LogP) is 25.7. The first-order valence-corrected chi connectivity index (χ1v) is 37.3. The van der Waals surface area contributed by atoms with E-state index in [-0.39, 0.29) is 31.1 Å². The molecule has 0 rings (SSSR count). The number of esters is 3. The number of ether oxygens (including phenoxy) is 3. The molecule has 1 unspecified atom stereocenters. The summed E-state index contributed by atoms with van der Waals surface area (Å²) >= 11 is 0. The van der Waals surface area contributed by atoms with Crippen LogP contribution < -0.4 is 0 Å². The van der Waals surface area contributed by atoms with Crippen molar-refractivity contribution < 1.29 is 28.6 Å². The standard InChI is InChI=1S/C76H144O6/c1-4-7-10-13-16-19-22-25-28-31-33-35-36-37-38-39-40-41-43-45-48-51-54-57-60-63-66-69-75(78)81-72-73(71-80-74(77)68-65-62-59-56-53-50-47-44-30-27-24-21-18-15-12-9-6-3)82-76(79)70-67-64-61-58-55-52-49-46-42-34-32-29-26-23-20-17-14-11-8-5-2/h18,21,27,30,73H,4-17,19-20,22-26,28-29,31-72H2,1-3H3/b21-18-,30-27-. The summed E-state index contributed by atoms with van der Waals surface area (Å²) in [5.41, 5.74) is 0. The molecular weight excluding hydrogens is 1010 g/mol. The predicted molar refractivity (Wildman–Crippen MR) is 358 cm³/mol. The van der Waals surface area contributed by atoms with Gasteiger partial charge in [-0.2, -0.15) is 0 Å². The van der Waals surface area contributed by atoms with Crippen LogP contribution in [0.3, 0.4) is 0 Å². The first kappa shape index (κ1) is 79.9. The highest BCUT2D eigenvalue weighted by molar-refractivity contribution is 5.71. The minimum Gasteiger partial charge on any atom is -0.462 e. The van der Waals surface area contributed by atoms with E-state index in [1.807, 2.05) is 0 Å². The summed E-state index contributed by atoms with van der Waals surface area (Å²) in [5.74, 6) is -0.838. The van der Waals surface area contributed by atoms with Crippen molar-refractivity contribution in [3.8, 4) is 0 Å². The third kappa shape index (κ3) is 68.7. The molecule has 1 atom stereocenters. The van der Waals surface area contributed by atoms with Crippen LogP contribution in [0.5, 0.6) is 0 Å². The molecular formula is C76H144O6. The van der Waals surface area contributed by atoms with Crippen LogP contribution in [0.25, 0.3) is 0 Å². The van der Waals surface area contributed by atoms with Crippen molar-refractivity contribution >= 4 is 17.9 Å². The van der Waals surface area contributed by atoms with E-state index in [4.69, 9.17) is 14.2 Å². The topological polar surface area (TPSA) is 78.9 Å². The van der Waals surface area contributed by atoms with Gasteiger partial charge in [0.05, 0.1) is 0 Å². The molecule has 0 aromatic carbocycles. The van der Waals surface area contributed by atoms with Gasteiger partial charge in [-0.05, 0) is 51.4 Å². The van der Waals surface area contributed by atoms with E-state index in [2.05, 4.69) is 45.1 Å². The SMILES string of the molecule is CCCCC/C=C\C/C=C\CCCCCCCCCC(=O)OCC(COC(=O)CCCCCCCCCCCCCCCCCCCCCCCCCCCCC)OC(=O)CCCCCCCCCCCCCCCCCCCCCC. The number of carbonyl (C=O) groups excluding carboxylic acids is 3. The minimum atomic E-state index is -0.772. The van der Waals surface area contributed by atoms with Crippen LogP contribution in [0.2, 0.25) is 0 Å². The Balaban J connectivity index is 4.24. The van der Waals surface area contributed by atoms with E-state index in [1.54, 1.807) is 0 Å². The zero-order chi connectivity index (χ0) is 59.2. The molecule has 0 heterocycles. The van der Waals surface area contributed by atoms with E-state index in [0.717, 1.165) is 70.6 Å². The first-order valence-electron chi connectivity index (χ1n) is 37.3. The molecule has 484 valence electrons. The molecule has 0 aliphatic heterocycles. The molecule has 0 aliphatic carbocycles. The molecule has 6 nitrogen and oxygen atoms in total. The fourth-order valence-electron chi connectivity index (χ4n) is 11.6. The van der Waals surface area contributed by atoms with Crippen LogP contribution in [0.1, 0.15) is 425 Å². The summed E-state index contributed by atoms with van der Waals surface area (Å²) in [4.78, 5) is 38.5. The van der Waals surface area contributed by atoms with Crippen LogP contribution >= 0.6 is 0 Å². The van der Waals surface area contributed by atoms with Crippen molar-refractivity contribution in [1.29, 1.82) is 0 Å². The van der Waals surface area contributed by atoms with Crippen molar-refractivity contribution in [3.05, 3.63) is 24.3 Å². The summed E-state index contributed by atoms with van der Waals surface area (Å²) in [5, 5.41) is 0. The maximum Gasteiger partial charge on any atom is 0.306 e. The van der Waals surface area contributed by atoms with Crippen molar-refractivity contribution in [1.82, 2.24) is 0 Å². The second-order valence-corrected chi connectivity index (χ2v) is 25.6. The van der Waals surface area contributed by atoms with Gasteiger partial charge in [0, 0.05) is 19.3 Å². The van der Waals surface area contributed by atoms with E-state index >= 15 is 0 Å². The van der Waals surface area contributed by atoms with Gasteiger partial charge < -0.3 is 14.2 Å². The van der Waals surface area contributed by atoms with E-state index in [9.17, 15) is 14.4 Å². The van der Waals surface area contributed by atoms with Crippen molar-refractivity contribution in [2.24, 2.45) is 0 Å². The molecule has 6 heteroatoms. The molecule has 0 radical (unpaired) electrons. The Morgan fingerprint density at radius 3 is 0.695 bits per heavy atom. The minimum absolute atomic E-state index is 0.0669. The van der Waals surface area contributed by atoms with E-state index < -0.39 is 6.10 Å². The van der Waals surface area contributed by atoms with Gasteiger partial charge in [-0.3, -0.25) is 14.4 Å². The van der Waals surface area contributed by atoms with Crippen molar-refractivity contribution in [2.75, 3.05) is 13.2 Å². The van der Waals surface area contributed by atoms with Gasteiger partial charge in [0.1, 0.15) is 13.2 Å². The molecule has 0 aliphatic rings. The fraction of sp³-hybridized carbons (Fsp3) is 0.908. The molecule has 0 bridgehead atoms. The van der Waals surface area contributed by atoms with E-state index in [1.165, 1.54) is 315 Å². The Bertz CT molecular complexity index is 1320. The zero-order valence-electron chi connectivity index (χ0n) is 55.8. The van der Waals surface area contributed by atoms with E-state index in [0.29, 0.717) is 19.3 Å². The Labute approximate surface area is 513 Å². The summed E-state index contributed by atoms with van der Waals surface area (Å²) < 4.78 is 17.0. The van der Waals surface area contributed by atoms with Gasteiger partial charge in [0.25, 0.3) is 0 Å². The summed E-state index contributed by atoms with van der Waals surface area (Å²) in [6.45, 7) is 6.71. The fourth-order valence-corrected chi connectivity index (χ4v) is 11.6. The van der Waals surface area contributed by atoms with Gasteiger partial charge in [-0.25, -0.2) is 0 Å². The molecule has 0 amide bonds. The van der Waals surface area contributed by atoms with Crippen LogP contribution in [0.15, 0.2) is 24.3 Å². The highest BCUT2D eigenvalue weighted by atomic mass is 16.6.